The van der Waals surface area contributed by atoms with Crippen LogP contribution in [-0.4, -0.2) is 74.0 Å². The SMILES string of the molecule is CCCCCCCCCCCCCCCCCCCCCCCCCCCCCCOc1ccccc1C(=O)[O-].CCCCCCCCCCCCCCCCCCCCCCCCCCCCCCOc1ccccc1C(=O)[O-].[Ba+2]. The van der Waals surface area contributed by atoms with Crippen LogP contribution >= 0.6 is 0 Å². The molecule has 2 rings (SSSR count). The van der Waals surface area contributed by atoms with Gasteiger partial charge >= 0.3 is 48.9 Å². The average molecular weight is 1250 g/mol. The van der Waals surface area contributed by atoms with Crippen molar-refractivity contribution in [2.75, 3.05) is 13.2 Å². The van der Waals surface area contributed by atoms with Gasteiger partial charge < -0.3 is 29.3 Å². The van der Waals surface area contributed by atoms with Crippen LogP contribution in [0.15, 0.2) is 48.5 Å². The first-order valence-corrected chi connectivity index (χ1v) is 35.4. The molecule has 6 nitrogen and oxygen atoms in total. The molecule has 2 aromatic rings. The van der Waals surface area contributed by atoms with Gasteiger partial charge in [0.15, 0.2) is 0 Å². The molecule has 0 aliphatic carbocycles. The van der Waals surface area contributed by atoms with E-state index >= 15 is 0 Å². The van der Waals surface area contributed by atoms with Gasteiger partial charge in [0.05, 0.1) is 25.2 Å². The van der Waals surface area contributed by atoms with Gasteiger partial charge in [-0.3, -0.25) is 0 Å². The Bertz CT molecular complexity index is 1470. The molecule has 0 spiro atoms. The zero-order valence-corrected chi connectivity index (χ0v) is 58.2. The van der Waals surface area contributed by atoms with Crippen LogP contribution in [0, 0.1) is 0 Å². The Labute approximate surface area is 543 Å². The summed E-state index contributed by atoms with van der Waals surface area (Å²) in [5.74, 6) is -1.50. The number of para-hydroxylation sites is 2. The van der Waals surface area contributed by atoms with Crippen molar-refractivity contribution in [1.29, 1.82) is 0 Å². The fourth-order valence-corrected chi connectivity index (χ4v) is 11.4. The van der Waals surface area contributed by atoms with Crippen LogP contribution in [0.3, 0.4) is 0 Å². The molecule has 0 aromatic heterocycles. The zero-order valence-electron chi connectivity index (χ0n) is 53.8. The standard InChI is InChI=1S/2C37H66O3.Ba/c2*1-2-3-4-5-6-7-8-9-10-11-12-13-14-15-16-17-18-19-20-21-22-23-24-25-26-27-28-31-34-40-36-33-30-29-32-35(36)37(38)39;/h2*29-30,32-33H,2-28,31,34H2,1H3,(H,38,39);/q;;+2/p-2. The molecule has 0 N–H and O–H groups in total. The number of carboxylic acid groups (broad SMARTS) is 2. The quantitative estimate of drug-likeness (QED) is 0.0483. The molecule has 0 atom stereocenters. The summed E-state index contributed by atoms with van der Waals surface area (Å²) in [6.07, 6.45) is 78.4. The van der Waals surface area contributed by atoms with E-state index in [9.17, 15) is 19.8 Å². The van der Waals surface area contributed by atoms with Crippen molar-refractivity contribution in [3.05, 3.63) is 59.7 Å². The normalized spacial score (nSPS) is 11.1. The summed E-state index contributed by atoms with van der Waals surface area (Å²) in [6, 6.07) is 13.5. The number of aromatic carboxylic acids is 2. The Morgan fingerprint density at radius 1 is 0.259 bits per heavy atom. The van der Waals surface area contributed by atoms with Crippen LogP contribution in [0.1, 0.15) is 394 Å². The van der Waals surface area contributed by atoms with Crippen molar-refractivity contribution in [3.8, 4) is 11.5 Å². The van der Waals surface area contributed by atoms with Gasteiger partial charge in [-0.2, -0.15) is 0 Å². The molecule has 0 fully saturated rings. The predicted molar refractivity (Wildman–Crippen MR) is 348 cm³/mol. The van der Waals surface area contributed by atoms with E-state index in [1.54, 1.807) is 36.4 Å². The summed E-state index contributed by atoms with van der Waals surface area (Å²) >= 11 is 0. The topological polar surface area (TPSA) is 98.7 Å². The van der Waals surface area contributed by atoms with Crippen LogP contribution in [0.2, 0.25) is 0 Å². The molecule has 0 bridgehead atoms. The molecule has 0 unspecified atom stereocenters. The number of carbonyl (C=O) groups excluding carboxylic acids is 2. The van der Waals surface area contributed by atoms with Gasteiger partial charge in [-0.25, -0.2) is 0 Å². The number of benzene rings is 2. The molecule has 7 heteroatoms. The van der Waals surface area contributed by atoms with E-state index in [4.69, 9.17) is 9.47 Å². The number of hydrogen-bond donors (Lipinski definition) is 0. The third-order valence-corrected chi connectivity index (χ3v) is 16.7. The number of rotatable bonds is 62. The molecule has 0 heterocycles. The summed E-state index contributed by atoms with van der Waals surface area (Å²) in [6.45, 7) is 5.74. The van der Waals surface area contributed by atoms with E-state index in [2.05, 4.69) is 13.8 Å². The maximum atomic E-state index is 11.1. The van der Waals surface area contributed by atoms with Crippen LogP contribution < -0.4 is 19.7 Å². The van der Waals surface area contributed by atoms with E-state index < -0.39 is 11.9 Å². The van der Waals surface area contributed by atoms with E-state index in [0.29, 0.717) is 24.7 Å². The van der Waals surface area contributed by atoms with Gasteiger partial charge in [0, 0.05) is 11.1 Å². The maximum Gasteiger partial charge on any atom is 2.00 e. The largest absolute Gasteiger partial charge is 2.00 e. The summed E-state index contributed by atoms with van der Waals surface area (Å²) in [7, 11) is 0. The molecule has 0 saturated heterocycles. The van der Waals surface area contributed by atoms with Gasteiger partial charge in [0.2, 0.25) is 0 Å². The summed E-state index contributed by atoms with van der Waals surface area (Å²) in [5, 5.41) is 22.2. The first-order valence-electron chi connectivity index (χ1n) is 35.4. The Hall–Kier alpha value is -1.45. The third kappa shape index (κ3) is 56.1. The Kier molecular flexibility index (Phi) is 64.9. The first kappa shape index (κ1) is 79.6. The molecule has 2 aromatic carbocycles. The van der Waals surface area contributed by atoms with Gasteiger partial charge in [-0.1, -0.05) is 385 Å². The smallest absolute Gasteiger partial charge is 0.545 e. The second-order valence-corrected chi connectivity index (χ2v) is 24.4. The predicted octanol–water partition coefficient (Wildman–Crippen LogP) is 22.4. The fraction of sp³-hybridized carbons (Fsp3) is 0.811. The van der Waals surface area contributed by atoms with Gasteiger partial charge in [-0.15, -0.1) is 0 Å². The summed E-state index contributed by atoms with van der Waals surface area (Å²) < 4.78 is 11.3. The molecular weight excluding hydrogens is 1120 g/mol. The molecule has 0 aliphatic rings. The number of ether oxygens (including phenoxy) is 2. The van der Waals surface area contributed by atoms with Crippen molar-refractivity contribution in [2.24, 2.45) is 0 Å². The molecule has 81 heavy (non-hydrogen) atoms. The minimum absolute atomic E-state index is 0. The maximum absolute atomic E-state index is 11.1. The summed E-state index contributed by atoms with van der Waals surface area (Å²) in [4.78, 5) is 22.2. The minimum atomic E-state index is -1.17. The molecule has 0 aliphatic heterocycles. The van der Waals surface area contributed by atoms with Crippen molar-refractivity contribution < 1.29 is 29.3 Å². The van der Waals surface area contributed by atoms with Crippen molar-refractivity contribution in [3.63, 3.8) is 0 Å². The van der Waals surface area contributed by atoms with Gasteiger partial charge in [-0.05, 0) is 37.1 Å². The number of carboxylic acids is 2. The van der Waals surface area contributed by atoms with Gasteiger partial charge in [0.1, 0.15) is 11.5 Å². The molecule has 464 valence electrons. The van der Waals surface area contributed by atoms with Crippen molar-refractivity contribution >= 4 is 60.8 Å². The molecule has 0 radical (unpaired) electrons. The van der Waals surface area contributed by atoms with E-state index in [1.807, 2.05) is 0 Å². The van der Waals surface area contributed by atoms with E-state index in [1.165, 1.54) is 346 Å². The number of carbonyl (C=O) groups is 2. The number of unbranched alkanes of at least 4 members (excludes halogenated alkanes) is 54. The Morgan fingerprint density at radius 3 is 0.568 bits per heavy atom. The van der Waals surface area contributed by atoms with Crippen molar-refractivity contribution in [2.45, 2.75) is 373 Å². The molecule has 0 amide bonds. The first-order chi connectivity index (χ1) is 39.5. The second kappa shape index (κ2) is 66.1. The Morgan fingerprint density at radius 2 is 0.407 bits per heavy atom. The minimum Gasteiger partial charge on any atom is -0.545 e. The third-order valence-electron chi connectivity index (χ3n) is 16.7. The van der Waals surface area contributed by atoms with E-state index in [-0.39, 0.29) is 60.0 Å². The molecular formula is C74H130BaO6. The zero-order chi connectivity index (χ0) is 57.5. The van der Waals surface area contributed by atoms with Crippen LogP contribution in [-0.2, 0) is 0 Å². The Balaban J connectivity index is 0.00000156. The fourth-order valence-electron chi connectivity index (χ4n) is 11.4. The average Bonchev–Trinajstić information content (AvgIpc) is 3.46. The summed E-state index contributed by atoms with van der Waals surface area (Å²) in [5.41, 5.74) is 0.283. The second-order valence-electron chi connectivity index (χ2n) is 24.4. The van der Waals surface area contributed by atoms with Crippen LogP contribution in [0.5, 0.6) is 11.5 Å². The molecule has 0 saturated carbocycles. The van der Waals surface area contributed by atoms with Crippen LogP contribution in [0.25, 0.3) is 0 Å². The van der Waals surface area contributed by atoms with Crippen LogP contribution in [0.4, 0.5) is 0 Å². The van der Waals surface area contributed by atoms with E-state index in [0.717, 1.165) is 25.7 Å². The monoisotopic (exact) mass is 1250 g/mol. The number of hydrogen-bond acceptors (Lipinski definition) is 6. The van der Waals surface area contributed by atoms with Crippen molar-refractivity contribution in [1.82, 2.24) is 0 Å². The van der Waals surface area contributed by atoms with Gasteiger partial charge in [0.25, 0.3) is 0 Å².